The number of carbonyl (C=O) groups is 3. The monoisotopic (exact) mass is 480 g/mol. The van der Waals surface area contributed by atoms with Crippen molar-refractivity contribution in [3.05, 3.63) is 59.7 Å². The summed E-state index contributed by atoms with van der Waals surface area (Å²) < 4.78 is 11.1. The lowest BCUT2D eigenvalue weighted by Gasteiger charge is -2.38. The number of amides is 2. The van der Waals surface area contributed by atoms with Crippen molar-refractivity contribution in [3.63, 3.8) is 0 Å². The predicted molar refractivity (Wildman–Crippen MR) is 130 cm³/mol. The molecule has 1 unspecified atom stereocenters. The van der Waals surface area contributed by atoms with Crippen molar-refractivity contribution < 1.29 is 29.0 Å². The van der Waals surface area contributed by atoms with Gasteiger partial charge in [-0.05, 0) is 35.6 Å². The summed E-state index contributed by atoms with van der Waals surface area (Å²) in [6.45, 7) is 4.00. The van der Waals surface area contributed by atoms with Crippen molar-refractivity contribution in [2.24, 2.45) is 0 Å². The normalized spacial score (nSPS) is 18.0. The molecule has 1 saturated heterocycles. The molecule has 8 heteroatoms. The van der Waals surface area contributed by atoms with Gasteiger partial charge >= 0.3 is 12.1 Å². The number of benzene rings is 2. The Labute approximate surface area is 205 Å². The first-order valence-corrected chi connectivity index (χ1v) is 12.1. The zero-order valence-corrected chi connectivity index (χ0v) is 20.1. The Morgan fingerprint density at radius 1 is 1.06 bits per heavy atom. The van der Waals surface area contributed by atoms with Gasteiger partial charge in [0.05, 0.1) is 0 Å². The van der Waals surface area contributed by atoms with Crippen molar-refractivity contribution in [2.75, 3.05) is 19.8 Å². The van der Waals surface area contributed by atoms with Crippen LogP contribution in [0.5, 0.6) is 0 Å². The number of carboxylic acids is 1. The van der Waals surface area contributed by atoms with E-state index in [-0.39, 0.29) is 45.0 Å². The highest BCUT2D eigenvalue weighted by atomic mass is 16.5. The molecule has 0 radical (unpaired) electrons. The minimum atomic E-state index is -1.43. The molecule has 1 aliphatic heterocycles. The minimum absolute atomic E-state index is 0.104. The molecule has 3 N–H and O–H groups in total. The quantitative estimate of drug-likeness (QED) is 0.529. The predicted octanol–water partition coefficient (Wildman–Crippen LogP) is 3.83. The van der Waals surface area contributed by atoms with Crippen LogP contribution in [0.25, 0.3) is 11.1 Å². The number of rotatable bonds is 8. The van der Waals surface area contributed by atoms with E-state index in [4.69, 9.17) is 9.47 Å². The van der Waals surface area contributed by atoms with Crippen molar-refractivity contribution in [3.8, 4) is 11.1 Å². The van der Waals surface area contributed by atoms with E-state index in [1.54, 1.807) is 0 Å². The smallest absolute Gasteiger partial charge is 0.408 e. The fraction of sp³-hybridized carbons (Fsp3) is 0.444. The Hall–Kier alpha value is -3.39. The number of alkyl carbamates (subject to hydrolysis) is 1. The number of ether oxygens (including phenoxy) is 2. The summed E-state index contributed by atoms with van der Waals surface area (Å²) in [4.78, 5) is 38.1. The van der Waals surface area contributed by atoms with Gasteiger partial charge in [-0.25, -0.2) is 9.59 Å². The van der Waals surface area contributed by atoms with Gasteiger partial charge < -0.3 is 25.2 Å². The number of hydrogen-bond acceptors (Lipinski definition) is 5. The number of hydrogen-bond donors (Lipinski definition) is 3. The molecule has 2 aromatic carbocycles. The zero-order chi connectivity index (χ0) is 25.1. The molecule has 2 aliphatic rings. The van der Waals surface area contributed by atoms with Gasteiger partial charge in [-0.3, -0.25) is 4.79 Å². The van der Waals surface area contributed by atoms with Crippen LogP contribution >= 0.6 is 0 Å². The molecule has 0 aromatic heterocycles. The second-order valence-corrected chi connectivity index (χ2v) is 9.49. The SMILES string of the molecule is CCCC(C)(NC(=O)C1(NC(=O)OCC2c3ccccc3-c3ccccc32)CCOCC1)C(=O)O. The van der Waals surface area contributed by atoms with Crippen LogP contribution in [0.1, 0.15) is 56.6 Å². The van der Waals surface area contributed by atoms with E-state index in [9.17, 15) is 19.5 Å². The molecule has 186 valence electrons. The minimum Gasteiger partial charge on any atom is -0.480 e. The maximum atomic E-state index is 13.3. The Morgan fingerprint density at radius 2 is 1.63 bits per heavy atom. The van der Waals surface area contributed by atoms with Crippen molar-refractivity contribution in [1.82, 2.24) is 10.6 Å². The van der Waals surface area contributed by atoms with Gasteiger partial charge in [0.25, 0.3) is 0 Å². The maximum absolute atomic E-state index is 13.3. The molecule has 35 heavy (non-hydrogen) atoms. The van der Waals surface area contributed by atoms with E-state index in [2.05, 4.69) is 22.8 Å². The highest BCUT2D eigenvalue weighted by Crippen LogP contribution is 2.44. The van der Waals surface area contributed by atoms with Crippen LogP contribution in [0.2, 0.25) is 0 Å². The second kappa shape index (κ2) is 10.1. The van der Waals surface area contributed by atoms with Crippen LogP contribution in [0.15, 0.2) is 48.5 Å². The lowest BCUT2D eigenvalue weighted by atomic mass is 9.86. The molecular weight excluding hydrogens is 448 g/mol. The topological polar surface area (TPSA) is 114 Å². The van der Waals surface area contributed by atoms with Crippen LogP contribution in [-0.2, 0) is 19.1 Å². The second-order valence-electron chi connectivity index (χ2n) is 9.49. The molecule has 0 bridgehead atoms. The summed E-state index contributed by atoms with van der Waals surface area (Å²) in [5.74, 6) is -1.75. The van der Waals surface area contributed by atoms with Gasteiger partial charge in [0.1, 0.15) is 17.7 Å². The van der Waals surface area contributed by atoms with E-state index in [0.29, 0.717) is 6.42 Å². The van der Waals surface area contributed by atoms with Crippen LogP contribution in [0.4, 0.5) is 4.79 Å². The number of fused-ring (bicyclic) bond motifs is 3. The molecule has 2 amide bonds. The lowest BCUT2D eigenvalue weighted by Crippen LogP contribution is -2.66. The van der Waals surface area contributed by atoms with E-state index < -0.39 is 29.0 Å². The molecule has 1 aliphatic carbocycles. The van der Waals surface area contributed by atoms with Gasteiger partial charge in [0.2, 0.25) is 5.91 Å². The standard InChI is InChI=1S/C27H32N2O6/c1-3-12-26(2,24(31)32)28-23(30)27(13-15-34-16-14-27)29-25(33)35-17-22-20-10-6-4-8-18(20)19-9-5-7-11-21(19)22/h4-11,22H,3,12-17H2,1-2H3,(H,28,30)(H,29,33)(H,31,32). The largest absolute Gasteiger partial charge is 0.480 e. The first kappa shape index (κ1) is 24.7. The van der Waals surface area contributed by atoms with Crippen LogP contribution in [0, 0.1) is 0 Å². The highest BCUT2D eigenvalue weighted by Gasteiger charge is 2.46. The number of carboxylic acid groups (broad SMARTS) is 1. The lowest BCUT2D eigenvalue weighted by molar-refractivity contribution is -0.149. The van der Waals surface area contributed by atoms with Crippen LogP contribution in [-0.4, -0.2) is 54.0 Å². The molecule has 0 saturated carbocycles. The molecule has 4 rings (SSSR count). The summed E-state index contributed by atoms with van der Waals surface area (Å²) >= 11 is 0. The summed E-state index contributed by atoms with van der Waals surface area (Å²) in [5, 5.41) is 15.1. The van der Waals surface area contributed by atoms with Crippen molar-refractivity contribution in [2.45, 2.75) is 56.5 Å². The highest BCUT2D eigenvalue weighted by molar-refractivity contribution is 5.94. The molecular formula is C27H32N2O6. The fourth-order valence-corrected chi connectivity index (χ4v) is 5.05. The molecule has 1 heterocycles. The molecule has 0 spiro atoms. The fourth-order valence-electron chi connectivity index (χ4n) is 5.05. The molecule has 1 fully saturated rings. The molecule has 1 atom stereocenters. The first-order valence-electron chi connectivity index (χ1n) is 12.1. The summed E-state index contributed by atoms with van der Waals surface area (Å²) in [6, 6.07) is 16.1. The number of carbonyl (C=O) groups excluding carboxylic acids is 2. The van der Waals surface area contributed by atoms with Crippen LogP contribution < -0.4 is 10.6 Å². The van der Waals surface area contributed by atoms with Gasteiger partial charge in [-0.2, -0.15) is 0 Å². The van der Waals surface area contributed by atoms with Crippen molar-refractivity contribution in [1.29, 1.82) is 0 Å². The third kappa shape index (κ3) is 4.89. The van der Waals surface area contributed by atoms with Crippen molar-refractivity contribution >= 4 is 18.0 Å². The summed E-state index contributed by atoms with van der Waals surface area (Å²) in [5.41, 5.74) is 1.71. The summed E-state index contributed by atoms with van der Waals surface area (Å²) in [6.07, 6.45) is 0.594. The number of aliphatic carboxylic acids is 1. The zero-order valence-electron chi connectivity index (χ0n) is 20.1. The molecule has 8 nitrogen and oxygen atoms in total. The summed E-state index contributed by atoms with van der Waals surface area (Å²) in [7, 11) is 0. The van der Waals surface area contributed by atoms with E-state index in [0.717, 1.165) is 22.3 Å². The van der Waals surface area contributed by atoms with Gasteiger partial charge in [0.15, 0.2) is 0 Å². The Kier molecular flexibility index (Phi) is 7.12. The Balaban J connectivity index is 1.48. The van der Waals surface area contributed by atoms with Gasteiger partial charge in [-0.1, -0.05) is 61.9 Å². The first-order chi connectivity index (χ1) is 16.8. The third-order valence-electron chi connectivity index (χ3n) is 7.08. The number of nitrogens with one attached hydrogen (secondary N) is 2. The van der Waals surface area contributed by atoms with Gasteiger partial charge in [-0.15, -0.1) is 0 Å². The van der Waals surface area contributed by atoms with Crippen LogP contribution in [0.3, 0.4) is 0 Å². The average Bonchev–Trinajstić information content (AvgIpc) is 3.17. The van der Waals surface area contributed by atoms with E-state index in [1.165, 1.54) is 6.92 Å². The maximum Gasteiger partial charge on any atom is 0.408 e. The van der Waals surface area contributed by atoms with Gasteiger partial charge in [0, 0.05) is 32.0 Å². The Bertz CT molecular complexity index is 1060. The average molecular weight is 481 g/mol. The Morgan fingerprint density at radius 3 is 2.17 bits per heavy atom. The van der Waals surface area contributed by atoms with E-state index in [1.807, 2.05) is 43.3 Å². The van der Waals surface area contributed by atoms with E-state index >= 15 is 0 Å². The molecule has 2 aromatic rings. The third-order valence-corrected chi connectivity index (χ3v) is 7.08.